The van der Waals surface area contributed by atoms with Crippen LogP contribution in [-0.2, 0) is 0 Å². The van der Waals surface area contributed by atoms with E-state index in [9.17, 15) is 0 Å². The number of aliphatic hydroxyl groups is 1. The van der Waals surface area contributed by atoms with Crippen LogP contribution in [0.2, 0.25) is 0 Å². The number of allylic oxidation sites excluding steroid dienone is 2. The molecule has 0 saturated heterocycles. The molecule has 8 heavy (non-hydrogen) atoms. The molecular formula is C7H12O. The van der Waals surface area contributed by atoms with Crippen LogP contribution in [0.25, 0.3) is 0 Å². The van der Waals surface area contributed by atoms with E-state index < -0.39 is 0 Å². The molecule has 1 aliphatic carbocycles. The fourth-order valence-electron chi connectivity index (χ4n) is 1.10. The Hall–Kier alpha value is -0.460. The molecule has 0 aromatic rings. The van der Waals surface area contributed by atoms with Gasteiger partial charge in [0, 0.05) is 6.42 Å². The van der Waals surface area contributed by atoms with E-state index in [0.717, 1.165) is 12.8 Å². The van der Waals surface area contributed by atoms with E-state index in [1.54, 1.807) is 0 Å². The number of hydrogen-bond donors (Lipinski definition) is 1. The molecule has 1 nitrogen and oxygen atoms in total. The highest BCUT2D eigenvalue weighted by atomic mass is 16.3. The van der Waals surface area contributed by atoms with Gasteiger partial charge in [-0.05, 0) is 24.8 Å². The quantitative estimate of drug-likeness (QED) is 0.509. The third kappa shape index (κ3) is 1.25. The van der Waals surface area contributed by atoms with Crippen LogP contribution in [0.1, 0.15) is 26.2 Å². The van der Waals surface area contributed by atoms with E-state index in [1.165, 1.54) is 6.42 Å². The maximum Gasteiger partial charge on any atom is 0.0885 e. The van der Waals surface area contributed by atoms with E-state index in [-0.39, 0.29) is 0 Å². The van der Waals surface area contributed by atoms with Crippen molar-refractivity contribution >= 4 is 0 Å². The second kappa shape index (κ2) is 2.21. The maximum atomic E-state index is 8.94. The Bertz CT molecular complexity index is 105. The molecule has 1 rings (SSSR count). The highest BCUT2D eigenvalue weighted by Crippen LogP contribution is 2.19. The largest absolute Gasteiger partial charge is 0.513 e. The fourth-order valence-corrected chi connectivity index (χ4v) is 1.10. The molecule has 0 amide bonds. The lowest BCUT2D eigenvalue weighted by molar-refractivity contribution is 0.352. The summed E-state index contributed by atoms with van der Waals surface area (Å²) < 4.78 is 0. The Balaban J connectivity index is 2.50. The molecule has 0 radical (unpaired) electrons. The average molecular weight is 112 g/mol. The van der Waals surface area contributed by atoms with Gasteiger partial charge in [0.25, 0.3) is 0 Å². The monoisotopic (exact) mass is 112 g/mol. The number of rotatable bonds is 0. The minimum atomic E-state index is 0.587. The molecule has 0 aromatic heterocycles. The predicted octanol–water partition coefficient (Wildman–Crippen LogP) is 2.25. The van der Waals surface area contributed by atoms with Gasteiger partial charge in [0.1, 0.15) is 0 Å². The molecule has 1 atom stereocenters. The van der Waals surface area contributed by atoms with Crippen molar-refractivity contribution in [2.75, 3.05) is 0 Å². The first-order valence-electron chi connectivity index (χ1n) is 3.18. The molecule has 0 bridgehead atoms. The number of aliphatic hydroxyl groups excluding tert-OH is 1. The van der Waals surface area contributed by atoms with Crippen LogP contribution >= 0.6 is 0 Å². The zero-order valence-electron chi connectivity index (χ0n) is 5.22. The van der Waals surface area contributed by atoms with Crippen LogP contribution in [0.5, 0.6) is 0 Å². The summed E-state index contributed by atoms with van der Waals surface area (Å²) in [5.41, 5.74) is 0. The highest BCUT2D eigenvalue weighted by Gasteiger charge is 2.06. The summed E-state index contributed by atoms with van der Waals surface area (Å²) in [5.74, 6) is 1.19. The molecule has 1 unspecified atom stereocenters. The van der Waals surface area contributed by atoms with Crippen LogP contribution in [0, 0.1) is 5.92 Å². The third-order valence-electron chi connectivity index (χ3n) is 1.57. The Morgan fingerprint density at radius 1 is 1.75 bits per heavy atom. The van der Waals surface area contributed by atoms with Gasteiger partial charge in [-0.25, -0.2) is 0 Å². The van der Waals surface area contributed by atoms with Crippen LogP contribution in [-0.4, -0.2) is 5.11 Å². The number of hydrogen-bond acceptors (Lipinski definition) is 1. The Morgan fingerprint density at radius 2 is 2.50 bits per heavy atom. The van der Waals surface area contributed by atoms with Gasteiger partial charge in [-0.1, -0.05) is 6.92 Å². The van der Waals surface area contributed by atoms with E-state index in [2.05, 4.69) is 6.92 Å². The lowest BCUT2D eigenvalue weighted by atomic mass is 9.97. The van der Waals surface area contributed by atoms with Crippen molar-refractivity contribution in [1.82, 2.24) is 0 Å². The van der Waals surface area contributed by atoms with Gasteiger partial charge in [-0.2, -0.15) is 0 Å². The van der Waals surface area contributed by atoms with Gasteiger partial charge in [-0.15, -0.1) is 0 Å². The zero-order chi connectivity index (χ0) is 5.98. The molecule has 1 heteroatoms. The van der Waals surface area contributed by atoms with Gasteiger partial charge < -0.3 is 5.11 Å². The molecule has 46 valence electrons. The second-order valence-electron chi connectivity index (χ2n) is 2.53. The first kappa shape index (κ1) is 5.67. The van der Waals surface area contributed by atoms with Gasteiger partial charge in [-0.3, -0.25) is 0 Å². The van der Waals surface area contributed by atoms with E-state index in [1.807, 2.05) is 6.08 Å². The first-order chi connectivity index (χ1) is 3.79. The van der Waals surface area contributed by atoms with E-state index >= 15 is 0 Å². The third-order valence-corrected chi connectivity index (χ3v) is 1.57. The lowest BCUT2D eigenvalue weighted by Crippen LogP contribution is -1.99. The van der Waals surface area contributed by atoms with Crippen LogP contribution in [0.4, 0.5) is 0 Å². The van der Waals surface area contributed by atoms with Crippen molar-refractivity contribution in [2.24, 2.45) is 5.92 Å². The average Bonchev–Trinajstić information content (AvgIpc) is 1.64. The molecule has 0 heterocycles. The smallest absolute Gasteiger partial charge is 0.0885 e. The maximum absolute atomic E-state index is 8.94. The van der Waals surface area contributed by atoms with Crippen molar-refractivity contribution in [3.05, 3.63) is 11.8 Å². The van der Waals surface area contributed by atoms with Gasteiger partial charge in [0.2, 0.25) is 0 Å². The van der Waals surface area contributed by atoms with Gasteiger partial charge in [0.05, 0.1) is 5.76 Å². The molecule has 0 fully saturated rings. The topological polar surface area (TPSA) is 20.2 Å². The molecule has 1 N–H and O–H groups in total. The summed E-state index contributed by atoms with van der Waals surface area (Å²) in [7, 11) is 0. The minimum absolute atomic E-state index is 0.587. The lowest BCUT2D eigenvalue weighted by Gasteiger charge is -2.12. The van der Waals surface area contributed by atoms with Crippen molar-refractivity contribution in [3.63, 3.8) is 0 Å². The molecule has 0 aliphatic heterocycles. The first-order valence-corrected chi connectivity index (χ1v) is 3.18. The van der Waals surface area contributed by atoms with Crippen molar-refractivity contribution in [2.45, 2.75) is 26.2 Å². The molecule has 0 saturated carbocycles. The summed E-state index contributed by atoms with van der Waals surface area (Å²) in [5, 5.41) is 8.94. The molecule has 0 aromatic carbocycles. The van der Waals surface area contributed by atoms with Crippen molar-refractivity contribution < 1.29 is 5.11 Å². The summed E-state index contributed by atoms with van der Waals surface area (Å²) in [4.78, 5) is 0. The van der Waals surface area contributed by atoms with Gasteiger partial charge in [0.15, 0.2) is 0 Å². The Morgan fingerprint density at radius 3 is 2.88 bits per heavy atom. The molecule has 0 spiro atoms. The standard InChI is InChI=1S/C7H12O/c1-6-3-2-4-7(8)5-6/h5-6,8H,2-4H2,1H3. The van der Waals surface area contributed by atoms with Crippen molar-refractivity contribution in [1.29, 1.82) is 0 Å². The summed E-state index contributed by atoms with van der Waals surface area (Å²) in [6.45, 7) is 2.13. The SMILES string of the molecule is CC1C=C(O)CCC1. The summed E-state index contributed by atoms with van der Waals surface area (Å²) in [6.07, 6.45) is 5.24. The Labute approximate surface area is 50.0 Å². The zero-order valence-corrected chi connectivity index (χ0v) is 5.22. The Kier molecular flexibility index (Phi) is 1.56. The van der Waals surface area contributed by atoms with E-state index in [0.29, 0.717) is 11.7 Å². The molecular weight excluding hydrogens is 100 g/mol. The molecule has 1 aliphatic rings. The van der Waals surface area contributed by atoms with E-state index in [4.69, 9.17) is 5.11 Å². The minimum Gasteiger partial charge on any atom is -0.513 e. The van der Waals surface area contributed by atoms with Gasteiger partial charge >= 0.3 is 0 Å². The summed E-state index contributed by atoms with van der Waals surface area (Å²) >= 11 is 0. The van der Waals surface area contributed by atoms with Crippen LogP contribution < -0.4 is 0 Å². The highest BCUT2D eigenvalue weighted by molar-refractivity contribution is 4.97. The fraction of sp³-hybridized carbons (Fsp3) is 0.714. The van der Waals surface area contributed by atoms with Crippen LogP contribution in [0.15, 0.2) is 11.8 Å². The summed E-state index contributed by atoms with van der Waals surface area (Å²) in [6, 6.07) is 0. The normalized spacial score (nSPS) is 29.6. The van der Waals surface area contributed by atoms with Crippen LogP contribution in [0.3, 0.4) is 0 Å². The second-order valence-corrected chi connectivity index (χ2v) is 2.53. The predicted molar refractivity (Wildman–Crippen MR) is 33.7 cm³/mol. The van der Waals surface area contributed by atoms with Crippen molar-refractivity contribution in [3.8, 4) is 0 Å².